The van der Waals surface area contributed by atoms with Crippen LogP contribution in [0.25, 0.3) is 0 Å². The second kappa shape index (κ2) is 25.8. The molecular formula is C19H34O8. The normalized spacial score (nSPS) is 9.26. The number of hydrogen-bond acceptors (Lipinski definition) is 7. The summed E-state index contributed by atoms with van der Waals surface area (Å²) in [5, 5.41) is 23.6. The van der Waals surface area contributed by atoms with Crippen molar-refractivity contribution >= 4 is 17.9 Å². The van der Waals surface area contributed by atoms with Gasteiger partial charge in [-0.3, -0.25) is 0 Å². The lowest BCUT2D eigenvalue weighted by atomic mass is 10.3. The Kier molecular flexibility index (Phi) is 30.8. The van der Waals surface area contributed by atoms with Crippen molar-refractivity contribution in [2.45, 2.75) is 46.6 Å². The maximum Gasteiger partial charge on any atom is 0.333 e. The van der Waals surface area contributed by atoms with Crippen molar-refractivity contribution in [2.24, 2.45) is 0 Å². The predicted molar refractivity (Wildman–Crippen MR) is 104 cm³/mol. The number of aliphatic hydroxyl groups excluding tert-OH is 2. The minimum absolute atomic E-state index is 0.139. The molecule has 1 atom stereocenters. The van der Waals surface area contributed by atoms with E-state index in [4.69, 9.17) is 20.1 Å². The molecule has 0 aromatic carbocycles. The zero-order chi connectivity index (χ0) is 22.3. The molecular weight excluding hydrogens is 356 g/mol. The Morgan fingerprint density at radius 2 is 1.56 bits per heavy atom. The molecule has 0 aromatic rings. The fourth-order valence-electron chi connectivity index (χ4n) is 0.634. The lowest BCUT2D eigenvalue weighted by Crippen LogP contribution is -2.05. The van der Waals surface area contributed by atoms with Gasteiger partial charge in [-0.2, -0.15) is 0 Å². The second-order valence-corrected chi connectivity index (χ2v) is 4.80. The number of ether oxygens (including phenoxy) is 2. The molecule has 8 heteroatoms. The summed E-state index contributed by atoms with van der Waals surface area (Å²) >= 11 is 0. The molecule has 0 aliphatic carbocycles. The number of carboxylic acid groups (broad SMARTS) is 1. The van der Waals surface area contributed by atoms with E-state index < -0.39 is 12.1 Å². The van der Waals surface area contributed by atoms with Gasteiger partial charge in [-0.05, 0) is 27.2 Å². The Morgan fingerprint density at radius 1 is 1.11 bits per heavy atom. The third kappa shape index (κ3) is 45.2. The Balaban J connectivity index is -0.000000137. The number of carbonyl (C=O) groups is 3. The Bertz CT molecular complexity index is 427. The smallest absolute Gasteiger partial charge is 0.333 e. The average molecular weight is 390 g/mol. The van der Waals surface area contributed by atoms with Crippen LogP contribution in [0.1, 0.15) is 40.5 Å². The molecule has 1 unspecified atom stereocenters. The summed E-state index contributed by atoms with van der Waals surface area (Å²) in [5.74, 6) is -1.62. The molecule has 0 bridgehead atoms. The molecule has 0 heterocycles. The molecule has 0 aliphatic heterocycles. The Hall–Kier alpha value is -2.45. The second-order valence-electron chi connectivity index (χ2n) is 4.80. The van der Waals surface area contributed by atoms with Crippen molar-refractivity contribution in [1.82, 2.24) is 0 Å². The van der Waals surface area contributed by atoms with E-state index in [1.165, 1.54) is 6.92 Å². The first-order valence-electron chi connectivity index (χ1n) is 8.29. The maximum atomic E-state index is 10.7. The fourth-order valence-corrected chi connectivity index (χ4v) is 0.634. The van der Waals surface area contributed by atoms with Gasteiger partial charge in [-0.1, -0.05) is 33.1 Å². The highest BCUT2D eigenvalue weighted by Gasteiger charge is 2.00. The molecule has 27 heavy (non-hydrogen) atoms. The summed E-state index contributed by atoms with van der Waals surface area (Å²) in [6.07, 6.45) is 3.39. The number of aliphatic hydroxyl groups is 2. The molecule has 3 N–H and O–H groups in total. The van der Waals surface area contributed by atoms with Gasteiger partial charge < -0.3 is 24.8 Å². The minimum atomic E-state index is -0.981. The highest BCUT2D eigenvalue weighted by molar-refractivity contribution is 5.86. The van der Waals surface area contributed by atoms with Crippen LogP contribution in [0.5, 0.6) is 0 Å². The number of carboxylic acids is 1. The molecule has 0 amide bonds. The first-order chi connectivity index (χ1) is 12.5. The van der Waals surface area contributed by atoms with Gasteiger partial charge in [0.15, 0.2) is 0 Å². The number of rotatable bonds is 8. The van der Waals surface area contributed by atoms with Crippen LogP contribution in [0, 0.1) is 0 Å². The molecule has 0 spiro atoms. The van der Waals surface area contributed by atoms with Gasteiger partial charge >= 0.3 is 17.9 Å². The van der Waals surface area contributed by atoms with Crippen LogP contribution in [-0.2, 0) is 23.9 Å². The predicted octanol–water partition coefficient (Wildman–Crippen LogP) is 2.26. The zero-order valence-corrected chi connectivity index (χ0v) is 16.8. The summed E-state index contributed by atoms with van der Waals surface area (Å²) < 4.78 is 9.24. The van der Waals surface area contributed by atoms with Crippen molar-refractivity contribution < 1.29 is 39.2 Å². The third-order valence-electron chi connectivity index (χ3n) is 1.97. The summed E-state index contributed by atoms with van der Waals surface area (Å²) in [5.41, 5.74) is 0.469. The number of hydrogen-bond donors (Lipinski definition) is 3. The standard InChI is InChI=1S/C8H14O2.C5H8O2.C3H8O2.C3H4O2/c1-4-5-6-10-8(9)7(2)3;1-3-5(6)7-4-2;1-3(5)2-4;1-2-3(4)5/h2,4-6H2,1,3H3;3H,1,4H2,2H3;3-5H,2H2,1H3;2H,1H2,(H,4,5). The summed E-state index contributed by atoms with van der Waals surface area (Å²) in [6.45, 7) is 17.4. The number of carbonyl (C=O) groups excluding carboxylic acids is 2. The minimum Gasteiger partial charge on any atom is -0.478 e. The first-order valence-corrected chi connectivity index (χ1v) is 8.29. The van der Waals surface area contributed by atoms with Crippen LogP contribution in [0.4, 0.5) is 0 Å². The Morgan fingerprint density at radius 3 is 1.74 bits per heavy atom. The molecule has 0 saturated heterocycles. The fraction of sp³-hybridized carbons (Fsp3) is 0.526. The summed E-state index contributed by atoms with van der Waals surface area (Å²) in [4.78, 5) is 30.0. The van der Waals surface area contributed by atoms with E-state index in [-0.39, 0.29) is 18.5 Å². The first kappa shape index (κ1) is 32.2. The number of aliphatic carboxylic acids is 1. The molecule has 0 aliphatic rings. The third-order valence-corrected chi connectivity index (χ3v) is 1.97. The van der Waals surface area contributed by atoms with Crippen molar-refractivity contribution in [1.29, 1.82) is 0 Å². The largest absolute Gasteiger partial charge is 0.478 e. The molecule has 0 saturated carbocycles. The van der Waals surface area contributed by atoms with Crippen LogP contribution < -0.4 is 0 Å². The topological polar surface area (TPSA) is 130 Å². The Labute approximate surface area is 161 Å². The molecule has 158 valence electrons. The monoisotopic (exact) mass is 390 g/mol. The zero-order valence-electron chi connectivity index (χ0n) is 16.8. The molecule has 0 rings (SSSR count). The lowest BCUT2D eigenvalue weighted by Gasteiger charge is -2.01. The highest BCUT2D eigenvalue weighted by atomic mass is 16.5. The molecule has 0 aromatic heterocycles. The lowest BCUT2D eigenvalue weighted by molar-refractivity contribution is -0.139. The van der Waals surface area contributed by atoms with Crippen molar-refractivity contribution in [3.05, 3.63) is 37.5 Å². The van der Waals surface area contributed by atoms with E-state index in [0.29, 0.717) is 18.8 Å². The van der Waals surface area contributed by atoms with E-state index in [9.17, 15) is 14.4 Å². The van der Waals surface area contributed by atoms with Crippen LogP contribution in [0.2, 0.25) is 0 Å². The van der Waals surface area contributed by atoms with Crippen molar-refractivity contribution in [3.63, 3.8) is 0 Å². The van der Waals surface area contributed by atoms with Crippen LogP contribution >= 0.6 is 0 Å². The number of esters is 2. The van der Waals surface area contributed by atoms with Gasteiger partial charge in [0.05, 0.1) is 25.9 Å². The van der Waals surface area contributed by atoms with Gasteiger partial charge in [0.2, 0.25) is 0 Å². The van der Waals surface area contributed by atoms with Gasteiger partial charge in [-0.15, -0.1) is 0 Å². The SMILES string of the molecule is C=C(C)C(=O)OCCCC.C=CC(=O)O.C=CC(=O)OCC.CC(O)CO. The van der Waals surface area contributed by atoms with Gasteiger partial charge in [0, 0.05) is 17.7 Å². The van der Waals surface area contributed by atoms with Crippen LogP contribution in [0.15, 0.2) is 37.5 Å². The molecule has 8 nitrogen and oxygen atoms in total. The van der Waals surface area contributed by atoms with E-state index in [2.05, 4.69) is 31.4 Å². The maximum absolute atomic E-state index is 10.7. The summed E-state index contributed by atoms with van der Waals surface area (Å²) in [6, 6.07) is 0. The highest BCUT2D eigenvalue weighted by Crippen LogP contribution is 1.94. The van der Waals surface area contributed by atoms with Crippen LogP contribution in [-0.4, -0.2) is 59.2 Å². The van der Waals surface area contributed by atoms with Crippen molar-refractivity contribution in [3.8, 4) is 0 Å². The molecule has 0 fully saturated rings. The van der Waals surface area contributed by atoms with Gasteiger partial charge in [-0.25, -0.2) is 14.4 Å². The summed E-state index contributed by atoms with van der Waals surface area (Å²) in [7, 11) is 0. The van der Waals surface area contributed by atoms with Crippen LogP contribution in [0.3, 0.4) is 0 Å². The van der Waals surface area contributed by atoms with E-state index in [0.717, 1.165) is 25.0 Å². The van der Waals surface area contributed by atoms with Crippen molar-refractivity contribution in [2.75, 3.05) is 19.8 Å². The quantitative estimate of drug-likeness (QED) is 0.327. The molecule has 0 radical (unpaired) electrons. The number of unbranched alkanes of at least 4 members (excludes halogenated alkanes) is 1. The van der Waals surface area contributed by atoms with E-state index in [1.807, 2.05) is 0 Å². The average Bonchev–Trinajstić information content (AvgIpc) is 2.63. The van der Waals surface area contributed by atoms with E-state index in [1.54, 1.807) is 13.8 Å². The van der Waals surface area contributed by atoms with E-state index >= 15 is 0 Å². The van der Waals surface area contributed by atoms with Gasteiger partial charge in [0.25, 0.3) is 0 Å². The van der Waals surface area contributed by atoms with Gasteiger partial charge in [0.1, 0.15) is 0 Å².